The van der Waals surface area contributed by atoms with Crippen LogP contribution in [-0.4, -0.2) is 48.6 Å². The van der Waals surface area contributed by atoms with Crippen molar-refractivity contribution in [3.8, 4) is 6.07 Å². The van der Waals surface area contributed by atoms with Gasteiger partial charge in [-0.05, 0) is 38.9 Å². The zero-order valence-electron chi connectivity index (χ0n) is 12.8. The van der Waals surface area contributed by atoms with Gasteiger partial charge >= 0.3 is 5.97 Å². The summed E-state index contributed by atoms with van der Waals surface area (Å²) in [6.45, 7) is 4.48. The number of carbonyl (C=O) groups excluding carboxylic acids is 1. The first-order chi connectivity index (χ1) is 9.96. The number of nitrogens with zero attached hydrogens (tertiary/aromatic N) is 3. The Morgan fingerprint density at radius 2 is 2.29 bits per heavy atom. The molecule has 0 amide bonds. The molecule has 0 unspecified atom stereocenters. The summed E-state index contributed by atoms with van der Waals surface area (Å²) in [5, 5.41) is 12.4. The van der Waals surface area contributed by atoms with Gasteiger partial charge in [-0.15, -0.1) is 0 Å². The minimum absolute atomic E-state index is 0.137. The molecule has 1 aliphatic heterocycles. The van der Waals surface area contributed by atoms with Gasteiger partial charge in [-0.2, -0.15) is 5.26 Å². The average Bonchev–Trinajstić information content (AvgIpc) is 2.78. The van der Waals surface area contributed by atoms with Crippen LogP contribution in [0, 0.1) is 25.2 Å². The van der Waals surface area contributed by atoms with Crippen LogP contribution in [0.3, 0.4) is 0 Å². The molecule has 6 heteroatoms. The minimum Gasteiger partial charge on any atom is -0.468 e. The Morgan fingerprint density at radius 3 is 2.86 bits per heavy atom. The Bertz CT molecular complexity index is 571. The van der Waals surface area contributed by atoms with Crippen molar-refractivity contribution in [3.63, 3.8) is 0 Å². The van der Waals surface area contributed by atoms with Gasteiger partial charge in [0.2, 0.25) is 0 Å². The van der Waals surface area contributed by atoms with Crippen molar-refractivity contribution in [1.29, 1.82) is 5.26 Å². The van der Waals surface area contributed by atoms with Crippen molar-refractivity contribution in [2.24, 2.45) is 0 Å². The molecule has 2 rings (SSSR count). The summed E-state index contributed by atoms with van der Waals surface area (Å²) >= 11 is 0. The molecular weight excluding hydrogens is 268 g/mol. The maximum atomic E-state index is 11.7. The summed E-state index contributed by atoms with van der Waals surface area (Å²) in [6.07, 6.45) is 0.683. The lowest BCUT2D eigenvalue weighted by molar-refractivity contribution is -0.145. The van der Waals surface area contributed by atoms with Crippen LogP contribution in [0.1, 0.15) is 23.2 Å². The molecule has 0 radical (unpaired) electrons. The van der Waals surface area contributed by atoms with Gasteiger partial charge in [0.25, 0.3) is 0 Å². The van der Waals surface area contributed by atoms with Crippen molar-refractivity contribution < 1.29 is 9.53 Å². The fourth-order valence-electron chi connectivity index (χ4n) is 2.80. The Hall–Kier alpha value is -2.13. The molecule has 1 aromatic rings. The summed E-state index contributed by atoms with van der Waals surface area (Å²) in [5.41, 5.74) is 2.25. The van der Waals surface area contributed by atoms with E-state index in [1.165, 1.54) is 7.11 Å². The highest BCUT2D eigenvalue weighted by atomic mass is 16.5. The number of hydrogen-bond donors (Lipinski definition) is 1. The number of aromatic nitrogens is 1. The number of anilines is 1. The van der Waals surface area contributed by atoms with Crippen molar-refractivity contribution >= 4 is 11.8 Å². The number of pyridine rings is 1. The monoisotopic (exact) mass is 288 g/mol. The first-order valence-corrected chi connectivity index (χ1v) is 6.89. The van der Waals surface area contributed by atoms with E-state index in [9.17, 15) is 4.79 Å². The van der Waals surface area contributed by atoms with E-state index in [-0.39, 0.29) is 18.1 Å². The molecule has 0 saturated carbocycles. The lowest BCUT2D eigenvalue weighted by Crippen LogP contribution is -2.33. The molecule has 2 atom stereocenters. The van der Waals surface area contributed by atoms with E-state index < -0.39 is 0 Å². The first-order valence-electron chi connectivity index (χ1n) is 6.89. The quantitative estimate of drug-likeness (QED) is 0.843. The van der Waals surface area contributed by atoms with E-state index in [4.69, 9.17) is 10.00 Å². The third-order valence-corrected chi connectivity index (χ3v) is 3.88. The van der Waals surface area contributed by atoms with Crippen LogP contribution in [0.4, 0.5) is 5.82 Å². The maximum absolute atomic E-state index is 11.7. The van der Waals surface area contributed by atoms with Gasteiger partial charge in [0.05, 0.1) is 18.4 Å². The standard InChI is InChI=1S/C15H20N4O2/c1-9-5-14(17-10(2)12(9)7-16)18-11-6-13(15(20)21-4)19(3)8-11/h5,11,13H,6,8H2,1-4H3,(H,17,18)/t11-,13+/m1/s1. The number of rotatable bonds is 3. The number of esters is 1. The predicted octanol–water partition coefficient (Wildman–Crippen LogP) is 1.23. The molecule has 0 bridgehead atoms. The van der Waals surface area contributed by atoms with Crippen LogP contribution in [0.2, 0.25) is 0 Å². The molecule has 0 aromatic carbocycles. The van der Waals surface area contributed by atoms with E-state index >= 15 is 0 Å². The highest BCUT2D eigenvalue weighted by Crippen LogP contribution is 2.22. The highest BCUT2D eigenvalue weighted by Gasteiger charge is 2.35. The average molecular weight is 288 g/mol. The topological polar surface area (TPSA) is 78.2 Å². The molecule has 1 aliphatic rings. The van der Waals surface area contributed by atoms with Gasteiger partial charge in [0.15, 0.2) is 0 Å². The number of likely N-dealkylation sites (tertiary alicyclic amines) is 1. The lowest BCUT2D eigenvalue weighted by atomic mass is 10.1. The van der Waals surface area contributed by atoms with E-state index in [1.807, 2.05) is 31.9 Å². The van der Waals surface area contributed by atoms with Gasteiger partial charge < -0.3 is 10.1 Å². The van der Waals surface area contributed by atoms with Crippen LogP contribution >= 0.6 is 0 Å². The molecule has 1 fully saturated rings. The summed E-state index contributed by atoms with van der Waals surface area (Å²) in [5.74, 6) is 0.537. The highest BCUT2D eigenvalue weighted by molar-refractivity contribution is 5.76. The van der Waals surface area contributed by atoms with Crippen molar-refractivity contribution in [2.45, 2.75) is 32.4 Å². The van der Waals surface area contributed by atoms with E-state index in [0.717, 1.165) is 23.6 Å². The number of methoxy groups -OCH3 is 1. The Labute approximate surface area is 124 Å². The van der Waals surface area contributed by atoms with Gasteiger partial charge in [0.1, 0.15) is 17.9 Å². The SMILES string of the molecule is COC(=O)[C@@H]1C[C@@H](Nc2cc(C)c(C#N)c(C)n2)CN1C. The number of nitrogens with one attached hydrogen (secondary N) is 1. The second-order valence-corrected chi connectivity index (χ2v) is 5.45. The Morgan fingerprint density at radius 1 is 1.57 bits per heavy atom. The number of ether oxygens (including phenoxy) is 1. The number of hydrogen-bond acceptors (Lipinski definition) is 6. The van der Waals surface area contributed by atoms with Crippen molar-refractivity contribution in [3.05, 3.63) is 22.9 Å². The molecule has 6 nitrogen and oxygen atoms in total. The minimum atomic E-state index is -0.215. The van der Waals surface area contributed by atoms with Crippen LogP contribution < -0.4 is 5.32 Å². The van der Waals surface area contributed by atoms with Crippen LogP contribution in [0.15, 0.2) is 6.07 Å². The number of nitriles is 1. The maximum Gasteiger partial charge on any atom is 0.323 e. The van der Waals surface area contributed by atoms with E-state index in [2.05, 4.69) is 16.4 Å². The molecule has 1 saturated heterocycles. The molecule has 1 aromatic heterocycles. The fourth-order valence-corrected chi connectivity index (χ4v) is 2.80. The summed E-state index contributed by atoms with van der Waals surface area (Å²) < 4.78 is 4.81. The second-order valence-electron chi connectivity index (χ2n) is 5.45. The lowest BCUT2D eigenvalue weighted by Gasteiger charge is -2.15. The van der Waals surface area contributed by atoms with Gasteiger partial charge in [-0.1, -0.05) is 0 Å². The van der Waals surface area contributed by atoms with Gasteiger partial charge in [-0.25, -0.2) is 4.98 Å². The largest absolute Gasteiger partial charge is 0.468 e. The molecular formula is C15H20N4O2. The van der Waals surface area contributed by atoms with Crippen LogP contribution in [0.5, 0.6) is 0 Å². The fraction of sp³-hybridized carbons (Fsp3) is 0.533. The summed E-state index contributed by atoms with van der Waals surface area (Å²) in [7, 11) is 3.32. The molecule has 0 spiro atoms. The summed E-state index contributed by atoms with van der Waals surface area (Å²) in [6, 6.07) is 3.96. The molecule has 2 heterocycles. The molecule has 1 N–H and O–H groups in total. The molecule has 0 aliphatic carbocycles. The van der Waals surface area contributed by atoms with Crippen LogP contribution in [0.25, 0.3) is 0 Å². The third kappa shape index (κ3) is 3.14. The third-order valence-electron chi connectivity index (χ3n) is 3.88. The van der Waals surface area contributed by atoms with Crippen molar-refractivity contribution in [1.82, 2.24) is 9.88 Å². The normalized spacial score (nSPS) is 21.9. The zero-order valence-corrected chi connectivity index (χ0v) is 12.8. The Kier molecular flexibility index (Phi) is 4.43. The summed E-state index contributed by atoms with van der Waals surface area (Å²) in [4.78, 5) is 18.1. The molecule has 21 heavy (non-hydrogen) atoms. The first kappa shape index (κ1) is 15.3. The van der Waals surface area contributed by atoms with Gasteiger partial charge in [-0.3, -0.25) is 9.69 Å². The number of carbonyl (C=O) groups is 1. The second kappa shape index (κ2) is 6.10. The smallest absolute Gasteiger partial charge is 0.323 e. The molecule has 112 valence electrons. The number of aryl methyl sites for hydroxylation is 2. The zero-order chi connectivity index (χ0) is 15.6. The number of likely N-dealkylation sites (N-methyl/N-ethyl adjacent to an activating group) is 1. The predicted molar refractivity (Wildman–Crippen MR) is 78.9 cm³/mol. The van der Waals surface area contributed by atoms with E-state index in [1.54, 1.807) is 0 Å². The Balaban J connectivity index is 2.10. The van der Waals surface area contributed by atoms with Gasteiger partial charge in [0, 0.05) is 12.6 Å². The van der Waals surface area contributed by atoms with Crippen molar-refractivity contribution in [2.75, 3.05) is 26.0 Å². The van der Waals surface area contributed by atoms with E-state index in [0.29, 0.717) is 12.0 Å². The van der Waals surface area contributed by atoms with Crippen LogP contribution in [-0.2, 0) is 9.53 Å².